The molecule has 72 valence electrons. The summed E-state index contributed by atoms with van der Waals surface area (Å²) in [5.74, 6) is 0.665. The summed E-state index contributed by atoms with van der Waals surface area (Å²) in [4.78, 5) is 0. The molecule has 1 aromatic carbocycles. The SMILES string of the molecule is C=C(C)Cc1cccc(C)c1OC#N. The van der Waals surface area contributed by atoms with Crippen molar-refractivity contribution >= 4 is 0 Å². The van der Waals surface area contributed by atoms with E-state index in [2.05, 4.69) is 6.58 Å². The number of benzene rings is 1. The van der Waals surface area contributed by atoms with Crippen molar-refractivity contribution in [3.05, 3.63) is 41.5 Å². The molecule has 0 unspecified atom stereocenters. The van der Waals surface area contributed by atoms with Crippen molar-refractivity contribution in [3.8, 4) is 12.0 Å². The molecule has 0 amide bonds. The van der Waals surface area contributed by atoms with E-state index in [0.29, 0.717) is 5.75 Å². The van der Waals surface area contributed by atoms with Gasteiger partial charge in [-0.1, -0.05) is 30.4 Å². The van der Waals surface area contributed by atoms with Gasteiger partial charge in [-0.25, -0.2) is 0 Å². The van der Waals surface area contributed by atoms with Crippen LogP contribution in [0, 0.1) is 18.4 Å². The zero-order chi connectivity index (χ0) is 10.6. The minimum atomic E-state index is 0.665. The first-order valence-corrected chi connectivity index (χ1v) is 4.44. The molecular formula is C12H13NO. The van der Waals surface area contributed by atoms with Crippen molar-refractivity contribution < 1.29 is 4.74 Å². The van der Waals surface area contributed by atoms with E-state index in [1.165, 1.54) is 0 Å². The van der Waals surface area contributed by atoms with E-state index in [0.717, 1.165) is 23.1 Å². The number of para-hydroxylation sites is 1. The maximum atomic E-state index is 8.51. The maximum Gasteiger partial charge on any atom is 0.292 e. The minimum absolute atomic E-state index is 0.665. The van der Waals surface area contributed by atoms with Crippen LogP contribution in [0.1, 0.15) is 18.1 Å². The van der Waals surface area contributed by atoms with Gasteiger partial charge in [0.25, 0.3) is 6.26 Å². The molecule has 0 aliphatic rings. The summed E-state index contributed by atoms with van der Waals surface area (Å²) in [7, 11) is 0. The standard InChI is InChI=1S/C12H13NO/c1-9(2)7-11-6-4-5-10(3)12(11)14-8-13/h4-6H,1,7H2,2-3H3. The van der Waals surface area contributed by atoms with E-state index in [-0.39, 0.29) is 0 Å². The van der Waals surface area contributed by atoms with Crippen LogP contribution in [-0.2, 0) is 6.42 Å². The Balaban J connectivity index is 3.08. The summed E-state index contributed by atoms with van der Waals surface area (Å²) in [6.07, 6.45) is 2.46. The van der Waals surface area contributed by atoms with Crippen LogP contribution in [0.25, 0.3) is 0 Å². The Bertz CT molecular complexity index is 388. The summed E-state index contributed by atoms with van der Waals surface area (Å²) in [5, 5.41) is 8.51. The molecule has 0 saturated heterocycles. The summed E-state index contributed by atoms with van der Waals surface area (Å²) in [5.41, 5.74) is 3.04. The van der Waals surface area contributed by atoms with Crippen LogP contribution in [-0.4, -0.2) is 0 Å². The second-order valence-electron chi connectivity index (χ2n) is 3.39. The minimum Gasteiger partial charge on any atom is -0.387 e. The third kappa shape index (κ3) is 2.37. The van der Waals surface area contributed by atoms with Crippen molar-refractivity contribution in [2.75, 3.05) is 0 Å². The van der Waals surface area contributed by atoms with Gasteiger partial charge in [-0.15, -0.1) is 5.26 Å². The summed E-state index contributed by atoms with van der Waals surface area (Å²) in [6.45, 7) is 7.72. The second-order valence-corrected chi connectivity index (χ2v) is 3.39. The molecule has 0 fully saturated rings. The summed E-state index contributed by atoms with van der Waals surface area (Å²) >= 11 is 0. The monoisotopic (exact) mass is 187 g/mol. The highest BCUT2D eigenvalue weighted by molar-refractivity contribution is 5.43. The van der Waals surface area contributed by atoms with Crippen molar-refractivity contribution in [2.24, 2.45) is 0 Å². The molecule has 0 heterocycles. The fraction of sp³-hybridized carbons (Fsp3) is 0.250. The largest absolute Gasteiger partial charge is 0.387 e. The first-order valence-electron chi connectivity index (χ1n) is 4.44. The Hall–Kier alpha value is -1.75. The Labute approximate surface area is 84.4 Å². The molecular weight excluding hydrogens is 174 g/mol. The van der Waals surface area contributed by atoms with Crippen molar-refractivity contribution in [1.82, 2.24) is 0 Å². The van der Waals surface area contributed by atoms with Crippen molar-refractivity contribution in [2.45, 2.75) is 20.3 Å². The fourth-order valence-corrected chi connectivity index (χ4v) is 1.37. The number of aryl methyl sites for hydroxylation is 1. The van der Waals surface area contributed by atoms with Crippen molar-refractivity contribution in [3.63, 3.8) is 0 Å². The maximum absolute atomic E-state index is 8.51. The zero-order valence-corrected chi connectivity index (χ0v) is 8.50. The topological polar surface area (TPSA) is 33.0 Å². The average molecular weight is 187 g/mol. The lowest BCUT2D eigenvalue weighted by Gasteiger charge is -2.08. The van der Waals surface area contributed by atoms with Gasteiger partial charge in [0, 0.05) is 5.56 Å². The number of rotatable bonds is 3. The molecule has 0 radical (unpaired) electrons. The first kappa shape index (κ1) is 10.3. The van der Waals surface area contributed by atoms with Gasteiger partial charge in [-0.3, -0.25) is 0 Å². The quantitative estimate of drug-likeness (QED) is 0.538. The third-order valence-corrected chi connectivity index (χ3v) is 1.93. The number of nitrogens with zero attached hydrogens (tertiary/aromatic N) is 1. The highest BCUT2D eigenvalue weighted by atomic mass is 16.5. The number of hydrogen-bond donors (Lipinski definition) is 0. The number of nitriles is 1. The van der Waals surface area contributed by atoms with Gasteiger partial charge in [0.15, 0.2) is 0 Å². The first-order chi connectivity index (χ1) is 6.65. The molecule has 0 aromatic heterocycles. The Morgan fingerprint density at radius 2 is 2.29 bits per heavy atom. The van der Waals surface area contributed by atoms with Gasteiger partial charge >= 0.3 is 0 Å². The van der Waals surface area contributed by atoms with E-state index in [4.69, 9.17) is 10.00 Å². The highest BCUT2D eigenvalue weighted by Crippen LogP contribution is 2.25. The van der Waals surface area contributed by atoms with Crippen LogP contribution in [0.5, 0.6) is 5.75 Å². The van der Waals surface area contributed by atoms with Crippen LogP contribution in [0.15, 0.2) is 30.4 Å². The third-order valence-electron chi connectivity index (χ3n) is 1.93. The van der Waals surface area contributed by atoms with Gasteiger partial charge in [0.1, 0.15) is 5.75 Å². The van der Waals surface area contributed by atoms with Gasteiger partial charge in [-0.05, 0) is 25.8 Å². The molecule has 0 spiro atoms. The van der Waals surface area contributed by atoms with Crippen molar-refractivity contribution in [1.29, 1.82) is 5.26 Å². The lowest BCUT2D eigenvalue weighted by molar-refractivity contribution is 0.497. The zero-order valence-electron chi connectivity index (χ0n) is 8.50. The molecule has 14 heavy (non-hydrogen) atoms. The predicted octanol–water partition coefficient (Wildman–Crippen LogP) is 2.97. The summed E-state index contributed by atoms with van der Waals surface area (Å²) < 4.78 is 4.93. The number of hydrogen-bond acceptors (Lipinski definition) is 2. The molecule has 0 aliphatic heterocycles. The normalized spacial score (nSPS) is 9.21. The Kier molecular flexibility index (Phi) is 3.30. The van der Waals surface area contributed by atoms with Gasteiger partial charge in [-0.2, -0.15) is 0 Å². The molecule has 0 atom stereocenters. The van der Waals surface area contributed by atoms with E-state index in [1.54, 1.807) is 6.26 Å². The average Bonchev–Trinajstić information content (AvgIpc) is 2.10. The van der Waals surface area contributed by atoms with Crippen LogP contribution in [0.4, 0.5) is 0 Å². The van der Waals surface area contributed by atoms with Gasteiger partial charge in [0.05, 0.1) is 0 Å². The Morgan fingerprint density at radius 3 is 2.86 bits per heavy atom. The lowest BCUT2D eigenvalue weighted by atomic mass is 10.0. The lowest BCUT2D eigenvalue weighted by Crippen LogP contribution is -1.94. The molecule has 0 N–H and O–H groups in total. The molecule has 0 bridgehead atoms. The van der Waals surface area contributed by atoms with E-state index in [1.807, 2.05) is 32.0 Å². The smallest absolute Gasteiger partial charge is 0.292 e. The van der Waals surface area contributed by atoms with E-state index >= 15 is 0 Å². The molecule has 1 rings (SSSR count). The summed E-state index contributed by atoms with van der Waals surface area (Å²) in [6, 6.07) is 5.83. The number of allylic oxidation sites excluding steroid dienone is 1. The predicted molar refractivity (Wildman–Crippen MR) is 55.9 cm³/mol. The molecule has 0 aliphatic carbocycles. The fourth-order valence-electron chi connectivity index (χ4n) is 1.37. The second kappa shape index (κ2) is 4.48. The molecule has 1 aromatic rings. The molecule has 2 nitrogen and oxygen atoms in total. The van der Waals surface area contributed by atoms with Crippen LogP contribution < -0.4 is 4.74 Å². The van der Waals surface area contributed by atoms with Crippen LogP contribution >= 0.6 is 0 Å². The van der Waals surface area contributed by atoms with Crippen LogP contribution in [0.2, 0.25) is 0 Å². The molecule has 0 saturated carbocycles. The number of ether oxygens (including phenoxy) is 1. The highest BCUT2D eigenvalue weighted by Gasteiger charge is 2.06. The Morgan fingerprint density at radius 1 is 1.57 bits per heavy atom. The van der Waals surface area contributed by atoms with Gasteiger partial charge < -0.3 is 4.74 Å². The van der Waals surface area contributed by atoms with Gasteiger partial charge in [0.2, 0.25) is 0 Å². The van der Waals surface area contributed by atoms with E-state index in [9.17, 15) is 0 Å². The van der Waals surface area contributed by atoms with Crippen LogP contribution in [0.3, 0.4) is 0 Å². The molecule has 2 heteroatoms. The van der Waals surface area contributed by atoms with E-state index < -0.39 is 0 Å².